The molecule has 0 spiro atoms. The predicted molar refractivity (Wildman–Crippen MR) is 61.9 cm³/mol. The van der Waals surface area contributed by atoms with Gasteiger partial charge in [-0.05, 0) is 24.1 Å². The summed E-state index contributed by atoms with van der Waals surface area (Å²) in [7, 11) is 1.57. The number of aliphatic carboxylic acids is 1. The first kappa shape index (κ1) is 13.0. The fourth-order valence-electron chi connectivity index (χ4n) is 1.65. The molecule has 2 N–H and O–H groups in total. The van der Waals surface area contributed by atoms with E-state index in [1.807, 2.05) is 13.0 Å². The van der Waals surface area contributed by atoms with E-state index in [4.69, 9.17) is 9.84 Å². The van der Waals surface area contributed by atoms with Crippen molar-refractivity contribution in [3.05, 3.63) is 29.3 Å². The van der Waals surface area contributed by atoms with Crippen molar-refractivity contribution in [2.75, 3.05) is 7.11 Å². The first-order valence-corrected chi connectivity index (χ1v) is 5.14. The van der Waals surface area contributed by atoms with Crippen molar-refractivity contribution in [1.82, 2.24) is 5.32 Å². The van der Waals surface area contributed by atoms with Crippen molar-refractivity contribution in [2.45, 2.75) is 19.4 Å². The van der Waals surface area contributed by atoms with Crippen molar-refractivity contribution >= 4 is 12.4 Å². The van der Waals surface area contributed by atoms with Crippen LogP contribution in [0, 0.1) is 6.92 Å². The minimum atomic E-state index is -0.960. The number of amides is 1. The van der Waals surface area contributed by atoms with Gasteiger partial charge in [0.15, 0.2) is 0 Å². The topological polar surface area (TPSA) is 75.6 Å². The van der Waals surface area contributed by atoms with Crippen LogP contribution in [0.25, 0.3) is 0 Å². The molecule has 1 amide bonds. The van der Waals surface area contributed by atoms with Crippen LogP contribution in [0.4, 0.5) is 0 Å². The number of hydrogen-bond donors (Lipinski definition) is 2. The van der Waals surface area contributed by atoms with E-state index in [0.717, 1.165) is 16.9 Å². The van der Waals surface area contributed by atoms with Crippen LogP contribution < -0.4 is 10.1 Å². The quantitative estimate of drug-likeness (QED) is 0.730. The molecule has 5 heteroatoms. The lowest BCUT2D eigenvalue weighted by atomic mass is 10.0. The zero-order chi connectivity index (χ0) is 12.8. The van der Waals surface area contributed by atoms with Crippen molar-refractivity contribution in [1.29, 1.82) is 0 Å². The van der Waals surface area contributed by atoms with Gasteiger partial charge in [-0.1, -0.05) is 12.1 Å². The Kier molecular flexibility index (Phi) is 4.51. The van der Waals surface area contributed by atoms with E-state index in [0.29, 0.717) is 6.41 Å². The Labute approximate surface area is 99.4 Å². The summed E-state index contributed by atoms with van der Waals surface area (Å²) in [5.41, 5.74) is 1.64. The number of carbonyl (C=O) groups is 2. The Bertz CT molecular complexity index is 417. The molecule has 0 unspecified atom stereocenters. The molecule has 1 rings (SSSR count). The highest BCUT2D eigenvalue weighted by Crippen LogP contribution is 2.24. The third kappa shape index (κ3) is 3.48. The maximum Gasteiger partial charge on any atom is 0.305 e. The lowest BCUT2D eigenvalue weighted by Gasteiger charge is -2.16. The molecule has 0 aliphatic carbocycles. The first-order valence-electron chi connectivity index (χ1n) is 5.14. The minimum Gasteiger partial charge on any atom is -0.496 e. The molecule has 1 aromatic carbocycles. The predicted octanol–water partition coefficient (Wildman–Crippen LogP) is 1.27. The van der Waals surface area contributed by atoms with Crippen molar-refractivity contribution in [3.8, 4) is 5.75 Å². The highest BCUT2D eigenvalue weighted by Gasteiger charge is 2.15. The number of carbonyl (C=O) groups excluding carboxylic acids is 1. The third-order valence-electron chi connectivity index (χ3n) is 2.47. The molecule has 0 aromatic heterocycles. The van der Waals surface area contributed by atoms with Crippen LogP contribution in [-0.2, 0) is 9.59 Å². The van der Waals surface area contributed by atoms with E-state index in [1.54, 1.807) is 19.2 Å². The maximum atomic E-state index is 10.7. The van der Waals surface area contributed by atoms with E-state index >= 15 is 0 Å². The number of rotatable bonds is 6. The summed E-state index contributed by atoms with van der Waals surface area (Å²) >= 11 is 0. The number of ether oxygens (including phenoxy) is 1. The molecule has 0 heterocycles. The van der Waals surface area contributed by atoms with Gasteiger partial charge >= 0.3 is 5.97 Å². The molecule has 17 heavy (non-hydrogen) atoms. The van der Waals surface area contributed by atoms with E-state index in [9.17, 15) is 9.59 Å². The summed E-state index contributed by atoms with van der Waals surface area (Å²) in [4.78, 5) is 21.1. The van der Waals surface area contributed by atoms with Crippen LogP contribution in [0.15, 0.2) is 18.2 Å². The molecule has 92 valence electrons. The fraction of sp³-hybridized carbons (Fsp3) is 0.333. The van der Waals surface area contributed by atoms with Gasteiger partial charge in [0.25, 0.3) is 0 Å². The lowest BCUT2D eigenvalue weighted by molar-refractivity contribution is -0.137. The minimum absolute atomic E-state index is 0.148. The van der Waals surface area contributed by atoms with Crippen LogP contribution >= 0.6 is 0 Å². The zero-order valence-corrected chi connectivity index (χ0v) is 9.77. The SMILES string of the molecule is COc1ccc([C@@H](CC(=O)O)NC=O)cc1C. The Morgan fingerprint density at radius 2 is 2.29 bits per heavy atom. The number of hydrogen-bond acceptors (Lipinski definition) is 3. The molecule has 0 bridgehead atoms. The third-order valence-corrected chi connectivity index (χ3v) is 2.47. The monoisotopic (exact) mass is 237 g/mol. The number of carboxylic acid groups (broad SMARTS) is 1. The summed E-state index contributed by atoms with van der Waals surface area (Å²) in [5, 5.41) is 11.3. The summed E-state index contributed by atoms with van der Waals surface area (Å²) < 4.78 is 5.11. The van der Waals surface area contributed by atoms with Crippen LogP contribution in [0.1, 0.15) is 23.6 Å². The Morgan fingerprint density at radius 3 is 2.76 bits per heavy atom. The van der Waals surface area contributed by atoms with Gasteiger partial charge in [-0.2, -0.15) is 0 Å². The van der Waals surface area contributed by atoms with Gasteiger partial charge in [0.05, 0.1) is 19.6 Å². The van der Waals surface area contributed by atoms with Gasteiger partial charge in [0.1, 0.15) is 5.75 Å². The van der Waals surface area contributed by atoms with Gasteiger partial charge in [-0.3, -0.25) is 9.59 Å². The van der Waals surface area contributed by atoms with Crippen molar-refractivity contribution in [3.63, 3.8) is 0 Å². The summed E-state index contributed by atoms with van der Waals surface area (Å²) in [6, 6.07) is 4.79. The fourth-order valence-corrected chi connectivity index (χ4v) is 1.65. The largest absolute Gasteiger partial charge is 0.496 e. The molecular weight excluding hydrogens is 222 g/mol. The Balaban J connectivity index is 2.97. The average molecular weight is 237 g/mol. The maximum absolute atomic E-state index is 10.7. The van der Waals surface area contributed by atoms with Crippen LogP contribution in [0.3, 0.4) is 0 Å². The highest BCUT2D eigenvalue weighted by atomic mass is 16.5. The standard InChI is InChI=1S/C12H15NO4/c1-8-5-9(3-4-11(8)17-2)10(13-7-14)6-12(15)16/h3-5,7,10H,6H2,1-2H3,(H,13,14)(H,15,16)/t10-/m1/s1. The molecule has 0 aliphatic heterocycles. The molecule has 0 fully saturated rings. The average Bonchev–Trinajstić information content (AvgIpc) is 2.28. The first-order chi connectivity index (χ1) is 8.08. The zero-order valence-electron chi connectivity index (χ0n) is 9.77. The number of benzene rings is 1. The van der Waals surface area contributed by atoms with Gasteiger partial charge in [0, 0.05) is 0 Å². The number of aryl methyl sites for hydroxylation is 1. The number of methoxy groups -OCH3 is 1. The normalized spacial score (nSPS) is 11.6. The second-order valence-electron chi connectivity index (χ2n) is 3.66. The Morgan fingerprint density at radius 1 is 1.59 bits per heavy atom. The van der Waals surface area contributed by atoms with Crippen molar-refractivity contribution in [2.24, 2.45) is 0 Å². The molecule has 5 nitrogen and oxygen atoms in total. The molecule has 0 saturated heterocycles. The molecule has 1 aromatic rings. The second kappa shape index (κ2) is 5.89. The molecule has 0 aliphatic rings. The van der Waals surface area contributed by atoms with Gasteiger partial charge in [-0.15, -0.1) is 0 Å². The van der Waals surface area contributed by atoms with E-state index in [1.165, 1.54) is 0 Å². The van der Waals surface area contributed by atoms with Crippen LogP contribution in [-0.4, -0.2) is 24.6 Å². The summed E-state index contributed by atoms with van der Waals surface area (Å²) in [6.07, 6.45) is 0.359. The van der Waals surface area contributed by atoms with E-state index in [-0.39, 0.29) is 6.42 Å². The molecule has 0 radical (unpaired) electrons. The Hall–Kier alpha value is -2.04. The smallest absolute Gasteiger partial charge is 0.305 e. The molecular formula is C12H15NO4. The number of carboxylic acids is 1. The van der Waals surface area contributed by atoms with E-state index in [2.05, 4.69) is 5.32 Å². The van der Waals surface area contributed by atoms with Crippen LogP contribution in [0.5, 0.6) is 5.75 Å². The van der Waals surface area contributed by atoms with Gasteiger partial charge in [0.2, 0.25) is 6.41 Å². The van der Waals surface area contributed by atoms with Gasteiger partial charge in [-0.25, -0.2) is 0 Å². The summed E-state index contributed by atoms with van der Waals surface area (Å²) in [5.74, 6) is -0.230. The lowest BCUT2D eigenvalue weighted by Crippen LogP contribution is -2.22. The van der Waals surface area contributed by atoms with Crippen molar-refractivity contribution < 1.29 is 19.4 Å². The number of nitrogens with one attached hydrogen (secondary N) is 1. The van der Waals surface area contributed by atoms with E-state index < -0.39 is 12.0 Å². The molecule has 1 atom stereocenters. The van der Waals surface area contributed by atoms with Gasteiger partial charge < -0.3 is 15.2 Å². The summed E-state index contributed by atoms with van der Waals surface area (Å²) in [6.45, 7) is 1.86. The second-order valence-corrected chi connectivity index (χ2v) is 3.66. The molecule has 0 saturated carbocycles. The highest BCUT2D eigenvalue weighted by molar-refractivity contribution is 5.68. The van der Waals surface area contributed by atoms with Crippen LogP contribution in [0.2, 0.25) is 0 Å².